The lowest BCUT2D eigenvalue weighted by molar-refractivity contribution is 0.103. The van der Waals surface area contributed by atoms with Crippen LogP contribution in [0.2, 0.25) is 0 Å². The Balaban J connectivity index is 1.57. The van der Waals surface area contributed by atoms with Crippen molar-refractivity contribution in [1.82, 2.24) is 4.90 Å². The minimum atomic E-state index is -0.0547. The number of benzene rings is 2. The van der Waals surface area contributed by atoms with Gasteiger partial charge < -0.3 is 15.2 Å². The Hall–Kier alpha value is -2.83. The van der Waals surface area contributed by atoms with E-state index in [0.29, 0.717) is 27.6 Å². The van der Waals surface area contributed by atoms with Crippen LogP contribution in [-0.2, 0) is 19.5 Å². The van der Waals surface area contributed by atoms with Crippen molar-refractivity contribution in [2.45, 2.75) is 39.5 Å². The molecule has 2 aromatic carbocycles. The highest BCUT2D eigenvalue weighted by molar-refractivity contribution is 7.16. The quantitative estimate of drug-likeness (QED) is 0.533. The van der Waals surface area contributed by atoms with E-state index in [-0.39, 0.29) is 11.9 Å². The Morgan fingerprint density at radius 1 is 1.16 bits per heavy atom. The van der Waals surface area contributed by atoms with Crippen LogP contribution in [0.25, 0.3) is 0 Å². The molecule has 1 aliphatic rings. The van der Waals surface area contributed by atoms with Gasteiger partial charge in [0, 0.05) is 30.1 Å². The predicted octanol–water partition coefficient (Wildman–Crippen LogP) is 4.92. The first-order chi connectivity index (χ1) is 15.0. The highest BCUT2D eigenvalue weighted by atomic mass is 32.1. The standard InChI is InChI=1S/C25H28N2O3S/c1-16(2)30-20-10-9-18(13-21(20)29-3)24(28)23-19-11-12-27(15-22(19)31-25(23)26)14-17-7-5-4-6-8-17/h4-10,13,16H,11-12,14-15,26H2,1-3H3. The van der Waals surface area contributed by atoms with Crippen molar-refractivity contribution in [2.75, 3.05) is 19.4 Å². The van der Waals surface area contributed by atoms with Crippen molar-refractivity contribution in [3.05, 3.63) is 75.7 Å². The monoisotopic (exact) mass is 436 g/mol. The van der Waals surface area contributed by atoms with Gasteiger partial charge in [0.2, 0.25) is 0 Å². The lowest BCUT2D eigenvalue weighted by Crippen LogP contribution is -2.29. The molecular weight excluding hydrogens is 408 g/mol. The number of carbonyl (C=O) groups is 1. The van der Waals surface area contributed by atoms with Crippen LogP contribution in [0.3, 0.4) is 0 Å². The van der Waals surface area contributed by atoms with Crippen LogP contribution < -0.4 is 15.2 Å². The van der Waals surface area contributed by atoms with Crippen molar-refractivity contribution in [1.29, 1.82) is 0 Å². The largest absolute Gasteiger partial charge is 0.493 e. The number of thiophene rings is 1. The van der Waals surface area contributed by atoms with Crippen LogP contribution in [0.1, 0.15) is 45.8 Å². The topological polar surface area (TPSA) is 64.8 Å². The van der Waals surface area contributed by atoms with E-state index in [4.69, 9.17) is 15.2 Å². The number of carbonyl (C=O) groups excluding carboxylic acids is 1. The summed E-state index contributed by atoms with van der Waals surface area (Å²) < 4.78 is 11.2. The smallest absolute Gasteiger partial charge is 0.196 e. The molecule has 1 aliphatic heterocycles. The van der Waals surface area contributed by atoms with Gasteiger partial charge in [0.05, 0.1) is 23.8 Å². The third kappa shape index (κ3) is 4.60. The van der Waals surface area contributed by atoms with Crippen LogP contribution in [0, 0.1) is 0 Å². The summed E-state index contributed by atoms with van der Waals surface area (Å²) in [6, 6.07) is 15.8. The van der Waals surface area contributed by atoms with E-state index in [0.717, 1.165) is 31.6 Å². The molecule has 0 aliphatic carbocycles. The molecule has 1 aromatic heterocycles. The molecule has 2 heterocycles. The fourth-order valence-electron chi connectivity index (χ4n) is 4.01. The van der Waals surface area contributed by atoms with E-state index in [1.54, 1.807) is 25.3 Å². The number of methoxy groups -OCH3 is 1. The average molecular weight is 437 g/mol. The van der Waals surface area contributed by atoms with Crippen molar-refractivity contribution < 1.29 is 14.3 Å². The van der Waals surface area contributed by atoms with E-state index < -0.39 is 0 Å². The molecule has 0 atom stereocenters. The van der Waals surface area contributed by atoms with Crippen LogP contribution in [0.5, 0.6) is 11.5 Å². The first-order valence-corrected chi connectivity index (χ1v) is 11.3. The molecule has 4 rings (SSSR count). The summed E-state index contributed by atoms with van der Waals surface area (Å²) in [5.41, 5.74) is 9.95. The maximum atomic E-state index is 13.4. The summed E-state index contributed by atoms with van der Waals surface area (Å²) in [6.45, 7) is 6.53. The molecule has 6 heteroatoms. The molecule has 0 bridgehead atoms. The van der Waals surface area contributed by atoms with Gasteiger partial charge in [-0.05, 0) is 49.6 Å². The zero-order valence-corrected chi connectivity index (χ0v) is 19.0. The second kappa shape index (κ2) is 9.12. The molecule has 0 unspecified atom stereocenters. The summed E-state index contributed by atoms with van der Waals surface area (Å²) >= 11 is 1.53. The van der Waals surface area contributed by atoms with Gasteiger partial charge in [-0.25, -0.2) is 0 Å². The normalized spacial score (nSPS) is 13.8. The third-order valence-corrected chi connectivity index (χ3v) is 6.47. The summed E-state index contributed by atoms with van der Waals surface area (Å²) in [6.07, 6.45) is 0.844. The summed E-state index contributed by atoms with van der Waals surface area (Å²) in [5, 5.41) is 0.595. The predicted molar refractivity (Wildman–Crippen MR) is 125 cm³/mol. The van der Waals surface area contributed by atoms with Crippen LogP contribution >= 0.6 is 11.3 Å². The molecule has 0 fully saturated rings. The van der Waals surface area contributed by atoms with Gasteiger partial charge >= 0.3 is 0 Å². The van der Waals surface area contributed by atoms with Crippen LogP contribution in [0.15, 0.2) is 48.5 Å². The molecular formula is C25H28N2O3S. The third-order valence-electron chi connectivity index (χ3n) is 5.43. The highest BCUT2D eigenvalue weighted by Crippen LogP contribution is 2.38. The Labute approximate surface area is 187 Å². The van der Waals surface area contributed by atoms with Crippen LogP contribution in [-0.4, -0.2) is 30.4 Å². The van der Waals surface area contributed by atoms with Gasteiger partial charge in [-0.3, -0.25) is 9.69 Å². The number of fused-ring (bicyclic) bond motifs is 1. The Morgan fingerprint density at radius 3 is 2.65 bits per heavy atom. The van der Waals surface area contributed by atoms with Crippen molar-refractivity contribution >= 4 is 22.1 Å². The number of nitrogen functional groups attached to an aromatic ring is 1. The molecule has 2 N–H and O–H groups in total. The number of nitrogens with two attached hydrogens (primary N) is 1. The molecule has 0 amide bonds. The maximum absolute atomic E-state index is 13.4. The molecule has 162 valence electrons. The van der Waals surface area contributed by atoms with Gasteiger partial charge in [-0.15, -0.1) is 11.3 Å². The molecule has 5 nitrogen and oxygen atoms in total. The van der Waals surface area contributed by atoms with Gasteiger partial charge in [-0.1, -0.05) is 30.3 Å². The molecule has 0 saturated carbocycles. The zero-order chi connectivity index (χ0) is 22.0. The van der Waals surface area contributed by atoms with Gasteiger partial charge in [-0.2, -0.15) is 0 Å². The fourth-order valence-corrected chi connectivity index (χ4v) is 5.17. The zero-order valence-electron chi connectivity index (χ0n) is 18.2. The number of anilines is 1. The van der Waals surface area contributed by atoms with Crippen molar-refractivity contribution in [2.24, 2.45) is 0 Å². The van der Waals surface area contributed by atoms with Gasteiger partial charge in [0.25, 0.3) is 0 Å². The maximum Gasteiger partial charge on any atom is 0.196 e. The van der Waals surface area contributed by atoms with Crippen molar-refractivity contribution in [3.63, 3.8) is 0 Å². The minimum absolute atomic E-state index is 0.0221. The fraction of sp³-hybridized carbons (Fsp3) is 0.320. The van der Waals surface area contributed by atoms with Crippen LogP contribution in [0.4, 0.5) is 5.00 Å². The summed E-state index contributed by atoms with van der Waals surface area (Å²) in [4.78, 5) is 17.0. The number of hydrogen-bond acceptors (Lipinski definition) is 6. The molecule has 3 aromatic rings. The van der Waals surface area contributed by atoms with E-state index >= 15 is 0 Å². The minimum Gasteiger partial charge on any atom is -0.493 e. The number of hydrogen-bond donors (Lipinski definition) is 1. The number of rotatable bonds is 7. The lowest BCUT2D eigenvalue weighted by atomic mass is 9.96. The number of ketones is 1. The molecule has 0 spiro atoms. The molecule has 31 heavy (non-hydrogen) atoms. The first kappa shape index (κ1) is 21.4. The Bertz CT molecular complexity index is 1080. The Morgan fingerprint density at radius 2 is 1.94 bits per heavy atom. The number of nitrogens with zero attached hydrogens (tertiary/aromatic N) is 1. The van der Waals surface area contributed by atoms with Gasteiger partial charge in [0.1, 0.15) is 0 Å². The molecule has 0 saturated heterocycles. The second-order valence-electron chi connectivity index (χ2n) is 8.05. The summed E-state index contributed by atoms with van der Waals surface area (Å²) in [5.74, 6) is 1.13. The van der Waals surface area contributed by atoms with E-state index in [2.05, 4.69) is 29.2 Å². The molecule has 0 radical (unpaired) electrons. The highest BCUT2D eigenvalue weighted by Gasteiger charge is 2.28. The van der Waals surface area contributed by atoms with E-state index in [9.17, 15) is 4.79 Å². The number of ether oxygens (including phenoxy) is 2. The van der Waals surface area contributed by atoms with Gasteiger partial charge in [0.15, 0.2) is 17.3 Å². The second-order valence-corrected chi connectivity index (χ2v) is 9.19. The average Bonchev–Trinajstić information content (AvgIpc) is 3.08. The Kier molecular flexibility index (Phi) is 6.30. The van der Waals surface area contributed by atoms with E-state index in [1.165, 1.54) is 21.8 Å². The SMILES string of the molecule is COc1cc(C(=O)c2c(N)sc3c2CCN(Cc2ccccc2)C3)ccc1OC(C)C. The first-order valence-electron chi connectivity index (χ1n) is 10.5. The van der Waals surface area contributed by atoms with E-state index in [1.807, 2.05) is 19.9 Å². The summed E-state index contributed by atoms with van der Waals surface area (Å²) in [7, 11) is 1.58. The lowest BCUT2D eigenvalue weighted by Gasteiger charge is -2.27. The van der Waals surface area contributed by atoms with Crippen molar-refractivity contribution in [3.8, 4) is 11.5 Å².